The molecule has 0 bridgehead atoms. The predicted octanol–water partition coefficient (Wildman–Crippen LogP) is 1.50. The van der Waals surface area contributed by atoms with Crippen molar-refractivity contribution in [1.29, 1.82) is 0 Å². The van der Waals surface area contributed by atoms with Crippen molar-refractivity contribution in [2.24, 2.45) is 0 Å². The number of epoxide rings is 2. The van der Waals surface area contributed by atoms with Crippen molar-refractivity contribution in [2.45, 2.75) is 32.0 Å². The van der Waals surface area contributed by atoms with Crippen molar-refractivity contribution in [3.8, 4) is 0 Å². The average molecular weight is 228 g/mol. The van der Waals surface area contributed by atoms with E-state index < -0.39 is 0 Å². The molecule has 0 aromatic heterocycles. The van der Waals surface area contributed by atoms with Crippen LogP contribution >= 0.6 is 0 Å². The Balaban J connectivity index is 1.62. The van der Waals surface area contributed by atoms with Crippen LogP contribution in [0.1, 0.15) is 19.8 Å². The SMILES string of the molecule is CCCC=C(COCC1CO1)OCC1CO1. The zero-order chi connectivity index (χ0) is 11.2. The van der Waals surface area contributed by atoms with Gasteiger partial charge in [0.1, 0.15) is 31.2 Å². The molecule has 2 unspecified atom stereocenters. The van der Waals surface area contributed by atoms with Gasteiger partial charge >= 0.3 is 0 Å². The van der Waals surface area contributed by atoms with Crippen LogP contribution in [0.5, 0.6) is 0 Å². The summed E-state index contributed by atoms with van der Waals surface area (Å²) in [6.07, 6.45) is 4.88. The van der Waals surface area contributed by atoms with E-state index in [-0.39, 0.29) is 0 Å². The quantitative estimate of drug-likeness (QED) is 0.443. The van der Waals surface area contributed by atoms with E-state index in [2.05, 4.69) is 13.0 Å². The minimum Gasteiger partial charge on any atom is -0.493 e. The fraction of sp³-hybridized carbons (Fsp3) is 0.833. The summed E-state index contributed by atoms with van der Waals surface area (Å²) >= 11 is 0. The number of allylic oxidation sites excluding steroid dienone is 1. The molecule has 0 aliphatic carbocycles. The van der Waals surface area contributed by atoms with Gasteiger partial charge in [0.15, 0.2) is 0 Å². The average Bonchev–Trinajstić information content (AvgIpc) is 3.15. The minimum absolute atomic E-state index is 0.303. The molecule has 0 aromatic rings. The molecule has 4 nitrogen and oxygen atoms in total. The van der Waals surface area contributed by atoms with E-state index in [1.807, 2.05) is 0 Å². The van der Waals surface area contributed by atoms with Gasteiger partial charge in [0.2, 0.25) is 0 Å². The molecule has 0 aromatic carbocycles. The van der Waals surface area contributed by atoms with Crippen molar-refractivity contribution in [3.05, 3.63) is 11.8 Å². The first-order valence-corrected chi connectivity index (χ1v) is 6.01. The Bertz CT molecular complexity index is 231. The number of hydrogen-bond acceptors (Lipinski definition) is 4. The molecule has 0 radical (unpaired) electrons. The maximum Gasteiger partial charge on any atom is 0.118 e. The zero-order valence-corrected chi connectivity index (χ0v) is 9.81. The molecule has 2 aliphatic heterocycles. The number of unbranched alkanes of at least 4 members (excludes halogenated alkanes) is 1. The van der Waals surface area contributed by atoms with Gasteiger partial charge in [0.05, 0.1) is 19.8 Å². The summed E-state index contributed by atoms with van der Waals surface area (Å²) < 4.78 is 21.3. The maximum atomic E-state index is 5.64. The maximum absolute atomic E-state index is 5.64. The monoisotopic (exact) mass is 228 g/mol. The molecule has 0 spiro atoms. The minimum atomic E-state index is 0.303. The summed E-state index contributed by atoms with van der Waals surface area (Å²) in [7, 11) is 0. The Labute approximate surface area is 96.5 Å². The highest BCUT2D eigenvalue weighted by Gasteiger charge is 2.24. The first kappa shape index (κ1) is 11.9. The van der Waals surface area contributed by atoms with Crippen molar-refractivity contribution in [2.75, 3.05) is 33.0 Å². The molecule has 0 saturated carbocycles. The fourth-order valence-electron chi connectivity index (χ4n) is 1.28. The first-order chi connectivity index (χ1) is 7.88. The smallest absolute Gasteiger partial charge is 0.118 e. The highest BCUT2D eigenvalue weighted by atomic mass is 16.6. The number of ether oxygens (including phenoxy) is 4. The molecule has 2 heterocycles. The summed E-state index contributed by atoms with van der Waals surface area (Å²) in [6, 6.07) is 0. The third-order valence-electron chi connectivity index (χ3n) is 2.47. The second-order valence-corrected chi connectivity index (χ2v) is 4.20. The fourth-order valence-corrected chi connectivity index (χ4v) is 1.28. The molecule has 2 aliphatic rings. The third-order valence-corrected chi connectivity index (χ3v) is 2.47. The highest BCUT2D eigenvalue weighted by Crippen LogP contribution is 2.13. The molecule has 92 valence electrons. The van der Waals surface area contributed by atoms with Crippen LogP contribution < -0.4 is 0 Å². The molecule has 2 atom stereocenters. The van der Waals surface area contributed by atoms with Gasteiger partial charge in [-0.25, -0.2) is 0 Å². The van der Waals surface area contributed by atoms with Gasteiger partial charge in [-0.3, -0.25) is 0 Å². The Hall–Kier alpha value is -0.580. The van der Waals surface area contributed by atoms with Gasteiger partial charge in [-0.1, -0.05) is 13.3 Å². The van der Waals surface area contributed by atoms with Crippen LogP contribution in [0, 0.1) is 0 Å². The van der Waals surface area contributed by atoms with Crippen molar-refractivity contribution in [3.63, 3.8) is 0 Å². The lowest BCUT2D eigenvalue weighted by Gasteiger charge is -2.09. The Morgan fingerprint density at radius 3 is 2.56 bits per heavy atom. The van der Waals surface area contributed by atoms with E-state index >= 15 is 0 Å². The molecule has 2 rings (SSSR count). The van der Waals surface area contributed by atoms with E-state index in [0.29, 0.717) is 32.0 Å². The summed E-state index contributed by atoms with van der Waals surface area (Å²) in [4.78, 5) is 0. The van der Waals surface area contributed by atoms with Crippen LogP contribution in [0.25, 0.3) is 0 Å². The van der Waals surface area contributed by atoms with Gasteiger partial charge in [-0.2, -0.15) is 0 Å². The second kappa shape index (κ2) is 6.23. The first-order valence-electron chi connectivity index (χ1n) is 6.01. The summed E-state index contributed by atoms with van der Waals surface area (Å²) in [5.74, 6) is 0.929. The lowest BCUT2D eigenvalue weighted by molar-refractivity contribution is 0.0819. The van der Waals surface area contributed by atoms with Crippen molar-refractivity contribution >= 4 is 0 Å². The summed E-state index contributed by atoms with van der Waals surface area (Å²) in [5.41, 5.74) is 0. The Kier molecular flexibility index (Phi) is 4.63. The van der Waals surface area contributed by atoms with Gasteiger partial charge in [-0.15, -0.1) is 0 Å². The summed E-state index contributed by atoms with van der Waals surface area (Å²) in [6.45, 7) is 5.69. The molecule has 0 amide bonds. The Morgan fingerprint density at radius 1 is 1.25 bits per heavy atom. The van der Waals surface area contributed by atoms with E-state index in [1.165, 1.54) is 0 Å². The van der Waals surface area contributed by atoms with Gasteiger partial charge in [-0.05, 0) is 12.5 Å². The van der Waals surface area contributed by atoms with E-state index in [4.69, 9.17) is 18.9 Å². The van der Waals surface area contributed by atoms with Crippen LogP contribution in [0.3, 0.4) is 0 Å². The van der Waals surface area contributed by atoms with Crippen LogP contribution in [-0.4, -0.2) is 45.2 Å². The lowest BCUT2D eigenvalue weighted by atomic mass is 10.3. The summed E-state index contributed by atoms with van der Waals surface area (Å²) in [5, 5.41) is 0. The number of rotatable bonds is 9. The van der Waals surface area contributed by atoms with Gasteiger partial charge in [0, 0.05) is 0 Å². The van der Waals surface area contributed by atoms with Crippen LogP contribution in [0.15, 0.2) is 11.8 Å². The van der Waals surface area contributed by atoms with Crippen molar-refractivity contribution < 1.29 is 18.9 Å². The van der Waals surface area contributed by atoms with E-state index in [1.54, 1.807) is 0 Å². The normalized spacial score (nSPS) is 27.9. The zero-order valence-electron chi connectivity index (χ0n) is 9.81. The molecule has 2 fully saturated rings. The Morgan fingerprint density at radius 2 is 1.94 bits per heavy atom. The lowest BCUT2D eigenvalue weighted by Crippen LogP contribution is -2.09. The third kappa shape index (κ3) is 4.96. The standard InChI is InChI=1S/C12H20O4/c1-2-3-4-10(14-8-12-9-16-12)5-13-6-11-7-15-11/h4,11-12H,2-3,5-9H2,1H3. The molecule has 4 heteroatoms. The van der Waals surface area contributed by atoms with Crippen LogP contribution in [0.4, 0.5) is 0 Å². The highest BCUT2D eigenvalue weighted by molar-refractivity contribution is 4.94. The molecular formula is C12H20O4. The van der Waals surface area contributed by atoms with Gasteiger partial charge < -0.3 is 18.9 Å². The van der Waals surface area contributed by atoms with Crippen LogP contribution in [-0.2, 0) is 18.9 Å². The van der Waals surface area contributed by atoms with Gasteiger partial charge in [0.25, 0.3) is 0 Å². The topological polar surface area (TPSA) is 43.5 Å². The second-order valence-electron chi connectivity index (χ2n) is 4.20. The molecule has 2 saturated heterocycles. The number of hydrogen-bond donors (Lipinski definition) is 0. The van der Waals surface area contributed by atoms with E-state index in [0.717, 1.165) is 31.8 Å². The molecular weight excluding hydrogens is 208 g/mol. The van der Waals surface area contributed by atoms with Crippen LogP contribution in [0.2, 0.25) is 0 Å². The van der Waals surface area contributed by atoms with E-state index in [9.17, 15) is 0 Å². The molecule has 0 N–H and O–H groups in total. The van der Waals surface area contributed by atoms with Crippen molar-refractivity contribution in [1.82, 2.24) is 0 Å². The largest absolute Gasteiger partial charge is 0.493 e. The predicted molar refractivity (Wildman–Crippen MR) is 59.2 cm³/mol. The molecule has 16 heavy (non-hydrogen) atoms.